The minimum Gasteiger partial charge on any atom is -0.454 e. The van der Waals surface area contributed by atoms with Crippen molar-refractivity contribution in [1.82, 2.24) is 4.57 Å². The summed E-state index contributed by atoms with van der Waals surface area (Å²) in [7, 11) is 0. The molecule has 0 spiro atoms. The second-order valence-corrected chi connectivity index (χ2v) is 9.13. The van der Waals surface area contributed by atoms with E-state index in [0.29, 0.717) is 0 Å². The molecule has 2 heteroatoms. The van der Waals surface area contributed by atoms with Gasteiger partial charge in [-0.1, -0.05) is 103 Å². The number of rotatable bonds is 2. The molecule has 0 unspecified atom stereocenters. The predicted molar refractivity (Wildman–Crippen MR) is 146 cm³/mol. The van der Waals surface area contributed by atoms with Gasteiger partial charge in [0.1, 0.15) is 5.75 Å². The fourth-order valence-electron chi connectivity index (χ4n) is 5.20. The third-order valence-electron chi connectivity index (χ3n) is 6.85. The second-order valence-electron chi connectivity index (χ2n) is 9.13. The zero-order valence-corrected chi connectivity index (χ0v) is 19.4. The molecule has 6 aromatic rings. The van der Waals surface area contributed by atoms with Gasteiger partial charge in [-0.2, -0.15) is 0 Å². The van der Waals surface area contributed by atoms with Crippen molar-refractivity contribution in [3.8, 4) is 28.3 Å². The molecular formula is C33H23NO. The first kappa shape index (κ1) is 19.9. The van der Waals surface area contributed by atoms with Gasteiger partial charge in [-0.15, -0.1) is 0 Å². The van der Waals surface area contributed by atoms with Gasteiger partial charge in [-0.05, 0) is 42.3 Å². The lowest BCUT2D eigenvalue weighted by Crippen LogP contribution is -1.97. The van der Waals surface area contributed by atoms with E-state index in [1.54, 1.807) is 0 Å². The number of nitrogens with zero attached hydrogens (tertiary/aromatic N) is 1. The summed E-state index contributed by atoms with van der Waals surface area (Å²) in [5, 5.41) is 2.41. The molecule has 1 aliphatic rings. The van der Waals surface area contributed by atoms with Crippen LogP contribution in [0.25, 0.3) is 50.8 Å². The zero-order valence-electron chi connectivity index (χ0n) is 19.4. The van der Waals surface area contributed by atoms with Crippen LogP contribution in [0.2, 0.25) is 0 Å². The Morgan fingerprint density at radius 3 is 2.29 bits per heavy atom. The van der Waals surface area contributed by atoms with Crippen LogP contribution in [0, 0.1) is 6.92 Å². The Labute approximate surface area is 204 Å². The van der Waals surface area contributed by atoms with Crippen LogP contribution < -0.4 is 4.74 Å². The molecule has 5 aromatic carbocycles. The molecule has 0 atom stereocenters. The minimum absolute atomic E-state index is 0.875. The Bertz CT molecular complexity index is 1790. The highest BCUT2D eigenvalue weighted by Gasteiger charge is 2.21. The molecule has 0 amide bonds. The van der Waals surface area contributed by atoms with Crippen LogP contribution in [0.5, 0.6) is 11.5 Å². The molecule has 0 radical (unpaired) electrons. The lowest BCUT2D eigenvalue weighted by molar-refractivity contribution is 0.485. The summed E-state index contributed by atoms with van der Waals surface area (Å²) < 4.78 is 9.01. The number of para-hydroxylation sites is 2. The van der Waals surface area contributed by atoms with E-state index < -0.39 is 0 Å². The molecule has 2 heterocycles. The number of benzene rings is 5. The lowest BCUT2D eigenvalue weighted by Gasteiger charge is -2.15. The average molecular weight is 450 g/mol. The number of aromatic nitrogens is 1. The summed E-state index contributed by atoms with van der Waals surface area (Å²) >= 11 is 0. The largest absolute Gasteiger partial charge is 0.454 e. The monoisotopic (exact) mass is 449 g/mol. The maximum absolute atomic E-state index is 6.65. The molecular weight excluding hydrogens is 426 g/mol. The highest BCUT2D eigenvalue weighted by Crippen LogP contribution is 2.44. The Hall–Kier alpha value is -4.56. The van der Waals surface area contributed by atoms with Crippen LogP contribution in [0.15, 0.2) is 109 Å². The van der Waals surface area contributed by atoms with Crippen molar-refractivity contribution >= 4 is 34.0 Å². The molecule has 0 saturated heterocycles. The van der Waals surface area contributed by atoms with E-state index in [0.717, 1.165) is 33.8 Å². The second kappa shape index (κ2) is 7.75. The first-order valence-corrected chi connectivity index (χ1v) is 11.9. The molecule has 0 saturated carbocycles. The van der Waals surface area contributed by atoms with Crippen LogP contribution in [-0.2, 0) is 0 Å². The Morgan fingerprint density at radius 2 is 1.37 bits per heavy atom. The predicted octanol–water partition coefficient (Wildman–Crippen LogP) is 9.04. The van der Waals surface area contributed by atoms with Gasteiger partial charge in [0.15, 0.2) is 5.75 Å². The van der Waals surface area contributed by atoms with E-state index in [9.17, 15) is 0 Å². The summed E-state index contributed by atoms with van der Waals surface area (Å²) in [5.74, 6) is 1.76. The topological polar surface area (TPSA) is 14.2 Å². The first-order valence-electron chi connectivity index (χ1n) is 11.9. The van der Waals surface area contributed by atoms with Crippen molar-refractivity contribution in [1.29, 1.82) is 0 Å². The molecule has 0 fully saturated rings. The molecule has 35 heavy (non-hydrogen) atoms. The van der Waals surface area contributed by atoms with Gasteiger partial charge >= 0.3 is 0 Å². The van der Waals surface area contributed by atoms with Gasteiger partial charge < -0.3 is 9.30 Å². The zero-order chi connectivity index (χ0) is 23.4. The fraction of sp³-hybridized carbons (Fsp3) is 0.0303. The van der Waals surface area contributed by atoms with Crippen LogP contribution in [-0.4, -0.2) is 4.57 Å². The van der Waals surface area contributed by atoms with E-state index in [2.05, 4.69) is 115 Å². The molecule has 0 aliphatic carbocycles. The maximum Gasteiger partial charge on any atom is 0.159 e. The van der Waals surface area contributed by atoms with Crippen molar-refractivity contribution in [2.45, 2.75) is 6.92 Å². The van der Waals surface area contributed by atoms with Gasteiger partial charge in [0.05, 0.1) is 11.0 Å². The molecule has 0 bridgehead atoms. The van der Waals surface area contributed by atoms with Gasteiger partial charge in [-0.3, -0.25) is 0 Å². The van der Waals surface area contributed by atoms with Crippen molar-refractivity contribution in [3.63, 3.8) is 0 Å². The molecule has 0 N–H and O–H groups in total. The van der Waals surface area contributed by atoms with Crippen molar-refractivity contribution in [2.24, 2.45) is 0 Å². The van der Waals surface area contributed by atoms with Crippen LogP contribution >= 0.6 is 0 Å². The maximum atomic E-state index is 6.65. The number of hydrogen-bond acceptors (Lipinski definition) is 1. The SMILES string of the molecule is Cc1cccc(-c2cccc(-n3c4ccccc4c4ccc5c(c43)Oc3ccccc3C=C5)c2)c1. The number of aryl methyl sites for hydroxylation is 1. The first-order chi connectivity index (χ1) is 17.3. The van der Waals surface area contributed by atoms with Gasteiger partial charge in [0.25, 0.3) is 0 Å². The van der Waals surface area contributed by atoms with Crippen LogP contribution in [0.1, 0.15) is 16.7 Å². The molecule has 7 rings (SSSR count). The molecule has 2 nitrogen and oxygen atoms in total. The third kappa shape index (κ3) is 3.18. The molecule has 166 valence electrons. The normalized spacial score (nSPS) is 12.3. The van der Waals surface area contributed by atoms with E-state index >= 15 is 0 Å². The van der Waals surface area contributed by atoms with Gasteiger partial charge in [-0.25, -0.2) is 0 Å². The molecule has 1 aromatic heterocycles. The Morgan fingerprint density at radius 1 is 0.600 bits per heavy atom. The van der Waals surface area contributed by atoms with Crippen LogP contribution in [0.4, 0.5) is 0 Å². The number of fused-ring (bicyclic) bond motifs is 6. The quantitative estimate of drug-likeness (QED) is 0.257. The van der Waals surface area contributed by atoms with Crippen LogP contribution in [0.3, 0.4) is 0 Å². The summed E-state index contributed by atoms with van der Waals surface area (Å²) in [4.78, 5) is 0. The number of ether oxygens (including phenoxy) is 1. The van der Waals surface area contributed by atoms with Crippen molar-refractivity contribution in [2.75, 3.05) is 0 Å². The average Bonchev–Trinajstić information content (AvgIpc) is 3.11. The molecule has 1 aliphatic heterocycles. The summed E-state index contributed by atoms with van der Waals surface area (Å²) in [6.45, 7) is 2.14. The highest BCUT2D eigenvalue weighted by atomic mass is 16.5. The van der Waals surface area contributed by atoms with E-state index in [1.807, 2.05) is 18.2 Å². The van der Waals surface area contributed by atoms with E-state index in [4.69, 9.17) is 4.74 Å². The Balaban J connectivity index is 1.54. The smallest absolute Gasteiger partial charge is 0.159 e. The highest BCUT2D eigenvalue weighted by molar-refractivity contribution is 6.12. The summed E-state index contributed by atoms with van der Waals surface area (Å²) in [6, 6.07) is 38.7. The fourth-order valence-corrected chi connectivity index (χ4v) is 5.20. The summed E-state index contributed by atoms with van der Waals surface area (Å²) in [5.41, 5.74) is 9.22. The van der Waals surface area contributed by atoms with Gasteiger partial charge in [0, 0.05) is 27.6 Å². The van der Waals surface area contributed by atoms with E-state index in [1.165, 1.54) is 33.0 Å². The number of hydrogen-bond donors (Lipinski definition) is 0. The van der Waals surface area contributed by atoms with Gasteiger partial charge in [0.2, 0.25) is 0 Å². The minimum atomic E-state index is 0.875. The summed E-state index contributed by atoms with van der Waals surface area (Å²) in [6.07, 6.45) is 4.30. The third-order valence-corrected chi connectivity index (χ3v) is 6.85. The standard InChI is InChI=1S/C33H23NO/c1-22-8-6-10-25(20-22)26-11-7-12-27(21-26)34-30-14-4-3-13-28(30)29-19-18-24-17-16-23-9-2-5-15-31(23)35-33(24)32(29)34/h2-21H,1H3. The van der Waals surface area contributed by atoms with Crippen molar-refractivity contribution in [3.05, 3.63) is 126 Å². The lowest BCUT2D eigenvalue weighted by atomic mass is 10.0. The Kier molecular flexibility index (Phi) is 4.40. The van der Waals surface area contributed by atoms with E-state index in [-0.39, 0.29) is 0 Å². The van der Waals surface area contributed by atoms with Crippen molar-refractivity contribution < 1.29 is 4.74 Å².